The molecule has 0 saturated carbocycles. The Morgan fingerprint density at radius 1 is 0.900 bits per heavy atom. The molecule has 0 aromatic heterocycles. The zero-order valence-corrected chi connectivity index (χ0v) is 17.4. The summed E-state index contributed by atoms with van der Waals surface area (Å²) in [6, 6.07) is 27.5. The number of hydrogen-bond acceptors (Lipinski definition) is 2. The van der Waals surface area contributed by atoms with Crippen molar-refractivity contribution in [3.63, 3.8) is 0 Å². The van der Waals surface area contributed by atoms with Crippen LogP contribution in [0.4, 0.5) is 11.4 Å². The first-order valence-electron chi connectivity index (χ1n) is 10.4. The van der Waals surface area contributed by atoms with Gasteiger partial charge in [-0.1, -0.05) is 66.7 Å². The number of rotatable bonds is 4. The molecule has 0 unspecified atom stereocenters. The molecule has 0 saturated heterocycles. The van der Waals surface area contributed by atoms with Crippen molar-refractivity contribution in [3.05, 3.63) is 96.1 Å². The lowest BCUT2D eigenvalue weighted by Gasteiger charge is -2.43. The van der Waals surface area contributed by atoms with Gasteiger partial charge in [0.2, 0.25) is 11.8 Å². The van der Waals surface area contributed by atoms with Crippen LogP contribution in [0.2, 0.25) is 0 Å². The maximum atomic E-state index is 13.6. The molecule has 3 aromatic rings. The molecule has 0 N–H and O–H groups in total. The van der Waals surface area contributed by atoms with Crippen LogP contribution in [0.5, 0.6) is 0 Å². The van der Waals surface area contributed by atoms with Crippen molar-refractivity contribution in [1.29, 1.82) is 0 Å². The zero-order chi connectivity index (χ0) is 21.1. The summed E-state index contributed by atoms with van der Waals surface area (Å²) in [4.78, 5) is 29.7. The Bertz CT molecular complexity index is 1030. The van der Waals surface area contributed by atoms with Gasteiger partial charge in [0.25, 0.3) is 0 Å². The molecule has 152 valence electrons. The van der Waals surface area contributed by atoms with E-state index in [2.05, 4.69) is 6.92 Å². The molecule has 4 heteroatoms. The maximum Gasteiger partial charge on any atom is 0.231 e. The standard InChI is InChI=1S/C26H26N2O2/c1-19-17-25(23-15-9-10-16-24(23)27(19)20(2)29)28(22-13-7-4-8-14-22)26(30)18-21-11-5-3-6-12-21/h3-16,19,25H,17-18H2,1-2H3/t19-,25+/m1/s1. The minimum Gasteiger partial charge on any atom is -0.309 e. The molecule has 0 radical (unpaired) electrons. The van der Waals surface area contributed by atoms with E-state index in [1.165, 1.54) is 0 Å². The molecule has 1 aliphatic rings. The lowest BCUT2D eigenvalue weighted by Crippen LogP contribution is -2.47. The average Bonchev–Trinajstić information content (AvgIpc) is 2.75. The average molecular weight is 399 g/mol. The third kappa shape index (κ3) is 3.86. The van der Waals surface area contributed by atoms with Crippen LogP contribution in [-0.2, 0) is 16.0 Å². The fourth-order valence-electron chi connectivity index (χ4n) is 4.45. The van der Waals surface area contributed by atoms with Crippen LogP contribution in [0.15, 0.2) is 84.9 Å². The van der Waals surface area contributed by atoms with Gasteiger partial charge in [-0.15, -0.1) is 0 Å². The van der Waals surface area contributed by atoms with Crippen LogP contribution in [-0.4, -0.2) is 17.9 Å². The largest absolute Gasteiger partial charge is 0.309 e. The van der Waals surface area contributed by atoms with Gasteiger partial charge >= 0.3 is 0 Å². The van der Waals surface area contributed by atoms with E-state index >= 15 is 0 Å². The van der Waals surface area contributed by atoms with Gasteiger partial charge in [0.05, 0.1) is 12.5 Å². The van der Waals surface area contributed by atoms with E-state index in [-0.39, 0.29) is 23.9 Å². The molecule has 0 bridgehead atoms. The third-order valence-electron chi connectivity index (χ3n) is 5.71. The predicted molar refractivity (Wildman–Crippen MR) is 120 cm³/mol. The van der Waals surface area contributed by atoms with Crippen LogP contribution in [0.3, 0.4) is 0 Å². The van der Waals surface area contributed by atoms with E-state index in [1.54, 1.807) is 6.92 Å². The predicted octanol–water partition coefficient (Wildman–Crippen LogP) is 5.15. The Balaban J connectivity index is 1.78. The number of benzene rings is 3. The Morgan fingerprint density at radius 3 is 2.17 bits per heavy atom. The van der Waals surface area contributed by atoms with Crippen molar-refractivity contribution in [3.8, 4) is 0 Å². The van der Waals surface area contributed by atoms with Crippen molar-refractivity contribution < 1.29 is 9.59 Å². The minimum atomic E-state index is -0.134. The number of carbonyl (C=O) groups is 2. The highest BCUT2D eigenvalue weighted by molar-refractivity contribution is 5.98. The van der Waals surface area contributed by atoms with Crippen molar-refractivity contribution >= 4 is 23.2 Å². The third-order valence-corrected chi connectivity index (χ3v) is 5.71. The lowest BCUT2D eigenvalue weighted by atomic mass is 9.89. The molecule has 1 heterocycles. The summed E-state index contributed by atoms with van der Waals surface area (Å²) in [5, 5.41) is 0. The number of carbonyl (C=O) groups excluding carboxylic acids is 2. The smallest absolute Gasteiger partial charge is 0.231 e. The van der Waals surface area contributed by atoms with Crippen molar-refractivity contribution in [2.75, 3.05) is 9.80 Å². The van der Waals surface area contributed by atoms with Crippen LogP contribution in [0.25, 0.3) is 0 Å². The Hall–Kier alpha value is -3.40. The second-order valence-corrected chi connectivity index (χ2v) is 7.81. The second-order valence-electron chi connectivity index (χ2n) is 7.81. The zero-order valence-electron chi connectivity index (χ0n) is 17.4. The highest BCUT2D eigenvalue weighted by Gasteiger charge is 2.37. The fraction of sp³-hybridized carbons (Fsp3) is 0.231. The molecule has 0 fully saturated rings. The Labute approximate surface area is 177 Å². The second kappa shape index (κ2) is 8.54. The first-order chi connectivity index (χ1) is 14.6. The molecular weight excluding hydrogens is 372 g/mol. The molecule has 1 aliphatic heterocycles. The number of amides is 2. The van der Waals surface area contributed by atoms with Gasteiger partial charge in [-0.3, -0.25) is 9.59 Å². The van der Waals surface area contributed by atoms with Gasteiger partial charge in [-0.2, -0.15) is 0 Å². The number of anilines is 2. The van der Waals surface area contributed by atoms with Crippen LogP contribution < -0.4 is 9.80 Å². The fourth-order valence-corrected chi connectivity index (χ4v) is 4.45. The van der Waals surface area contributed by atoms with Gasteiger partial charge in [-0.25, -0.2) is 0 Å². The molecule has 4 nitrogen and oxygen atoms in total. The van der Waals surface area contributed by atoms with Crippen molar-refractivity contribution in [1.82, 2.24) is 0 Å². The number of fused-ring (bicyclic) bond motifs is 1. The summed E-state index contributed by atoms with van der Waals surface area (Å²) in [5.41, 5.74) is 3.77. The van der Waals surface area contributed by atoms with Gasteiger partial charge in [-0.05, 0) is 42.7 Å². The summed E-state index contributed by atoms with van der Waals surface area (Å²) < 4.78 is 0. The Kier molecular flexibility index (Phi) is 5.66. The highest BCUT2D eigenvalue weighted by atomic mass is 16.2. The van der Waals surface area contributed by atoms with E-state index in [1.807, 2.05) is 94.7 Å². The monoisotopic (exact) mass is 398 g/mol. The van der Waals surface area contributed by atoms with Crippen molar-refractivity contribution in [2.24, 2.45) is 0 Å². The summed E-state index contributed by atoms with van der Waals surface area (Å²) in [6.07, 6.45) is 1.02. The van der Waals surface area contributed by atoms with Gasteiger partial charge < -0.3 is 9.80 Å². The molecule has 3 aromatic carbocycles. The summed E-state index contributed by atoms with van der Waals surface area (Å²) in [7, 11) is 0. The van der Waals surface area contributed by atoms with Gasteiger partial charge in [0.1, 0.15) is 0 Å². The Morgan fingerprint density at radius 2 is 1.50 bits per heavy atom. The van der Waals surface area contributed by atoms with E-state index in [0.29, 0.717) is 12.8 Å². The summed E-state index contributed by atoms with van der Waals surface area (Å²) >= 11 is 0. The SMILES string of the molecule is CC(=O)N1c2ccccc2[C@@H](N(C(=O)Cc2ccccc2)c2ccccc2)C[C@H]1C. The minimum absolute atomic E-state index is 0.00172. The van der Waals surface area contributed by atoms with E-state index < -0.39 is 0 Å². The van der Waals surface area contributed by atoms with E-state index in [4.69, 9.17) is 0 Å². The summed E-state index contributed by atoms with van der Waals surface area (Å²) in [5.74, 6) is 0.0750. The van der Waals surface area contributed by atoms with Crippen molar-refractivity contribution in [2.45, 2.75) is 38.8 Å². The number of hydrogen-bond donors (Lipinski definition) is 0. The van der Waals surface area contributed by atoms with Gasteiger partial charge in [0.15, 0.2) is 0 Å². The number of nitrogens with zero attached hydrogens (tertiary/aromatic N) is 2. The topological polar surface area (TPSA) is 40.6 Å². The van der Waals surface area contributed by atoms with Crippen LogP contribution in [0, 0.1) is 0 Å². The van der Waals surface area contributed by atoms with Gasteiger partial charge in [0, 0.05) is 24.3 Å². The first kappa shape index (κ1) is 19.9. The van der Waals surface area contributed by atoms with Crippen LogP contribution in [0.1, 0.15) is 37.4 Å². The molecule has 2 amide bonds. The quantitative estimate of drug-likeness (QED) is 0.610. The van der Waals surface area contributed by atoms with Crippen LogP contribution >= 0.6 is 0 Å². The number of para-hydroxylation sites is 2. The first-order valence-corrected chi connectivity index (χ1v) is 10.4. The normalized spacial score (nSPS) is 17.9. The molecule has 4 rings (SSSR count). The molecule has 2 atom stereocenters. The molecule has 30 heavy (non-hydrogen) atoms. The molecular formula is C26H26N2O2. The van der Waals surface area contributed by atoms with E-state index in [9.17, 15) is 9.59 Å². The summed E-state index contributed by atoms with van der Waals surface area (Å²) in [6.45, 7) is 3.65. The van der Waals surface area contributed by atoms with E-state index in [0.717, 1.165) is 22.5 Å². The maximum absolute atomic E-state index is 13.6. The molecule has 0 aliphatic carbocycles. The highest BCUT2D eigenvalue weighted by Crippen LogP contribution is 2.42. The molecule has 0 spiro atoms. The lowest BCUT2D eigenvalue weighted by molar-refractivity contribution is -0.118.